The molecule has 0 unspecified atom stereocenters. The van der Waals surface area contributed by atoms with Gasteiger partial charge in [0, 0.05) is 23.6 Å². The summed E-state index contributed by atoms with van der Waals surface area (Å²) < 4.78 is 0. The third kappa shape index (κ3) is 5.09. The van der Waals surface area contributed by atoms with Crippen molar-refractivity contribution in [1.82, 2.24) is 10.6 Å². The molecule has 18 heavy (non-hydrogen) atoms. The fourth-order valence-electron chi connectivity index (χ4n) is 2.93. The Morgan fingerprint density at radius 3 is 2.39 bits per heavy atom. The number of carbonyl (C=O) groups is 1. The van der Waals surface area contributed by atoms with Crippen LogP contribution in [0.4, 0.5) is 4.79 Å². The van der Waals surface area contributed by atoms with Crippen LogP contribution in [0.2, 0.25) is 0 Å². The fourth-order valence-corrected chi connectivity index (χ4v) is 4.15. The number of rotatable bonds is 5. The molecular weight excluding hydrogens is 244 g/mol. The van der Waals surface area contributed by atoms with Crippen molar-refractivity contribution in [1.29, 1.82) is 0 Å². The SMILES string of the molecule is O=C(NCCSC1CCCC1)NC1CCCCC1. The Balaban J connectivity index is 1.48. The minimum atomic E-state index is 0.0360. The average molecular weight is 270 g/mol. The van der Waals surface area contributed by atoms with Gasteiger partial charge in [0.25, 0.3) is 0 Å². The van der Waals surface area contributed by atoms with E-state index in [2.05, 4.69) is 10.6 Å². The molecule has 0 atom stereocenters. The maximum atomic E-state index is 11.7. The molecule has 0 radical (unpaired) electrons. The molecule has 0 bridgehead atoms. The van der Waals surface area contributed by atoms with Crippen LogP contribution in [0, 0.1) is 0 Å². The van der Waals surface area contributed by atoms with Gasteiger partial charge in [-0.3, -0.25) is 0 Å². The number of amides is 2. The van der Waals surface area contributed by atoms with E-state index in [1.54, 1.807) is 0 Å². The summed E-state index contributed by atoms with van der Waals surface area (Å²) in [6.07, 6.45) is 11.7. The molecular formula is C14H26N2OS. The molecule has 2 fully saturated rings. The molecule has 0 saturated heterocycles. The molecule has 2 rings (SSSR count). The topological polar surface area (TPSA) is 41.1 Å². The molecule has 0 aromatic rings. The van der Waals surface area contributed by atoms with Crippen LogP contribution < -0.4 is 10.6 Å². The summed E-state index contributed by atoms with van der Waals surface area (Å²) in [5.41, 5.74) is 0. The van der Waals surface area contributed by atoms with Gasteiger partial charge in [-0.1, -0.05) is 32.1 Å². The molecule has 0 aromatic carbocycles. The van der Waals surface area contributed by atoms with Crippen LogP contribution in [0.5, 0.6) is 0 Å². The Kier molecular flexibility index (Phi) is 6.18. The molecule has 0 heterocycles. The zero-order valence-corrected chi connectivity index (χ0v) is 12.1. The van der Waals surface area contributed by atoms with Crippen LogP contribution in [0.1, 0.15) is 57.8 Å². The van der Waals surface area contributed by atoms with Crippen molar-refractivity contribution in [2.75, 3.05) is 12.3 Å². The zero-order valence-electron chi connectivity index (χ0n) is 11.2. The predicted molar refractivity (Wildman–Crippen MR) is 78.1 cm³/mol. The molecule has 2 amide bonds. The van der Waals surface area contributed by atoms with E-state index in [4.69, 9.17) is 0 Å². The second kappa shape index (κ2) is 7.93. The monoisotopic (exact) mass is 270 g/mol. The molecule has 0 aliphatic heterocycles. The molecule has 3 nitrogen and oxygen atoms in total. The first kappa shape index (κ1) is 14.0. The number of carbonyl (C=O) groups excluding carboxylic acids is 1. The Bertz CT molecular complexity index is 248. The van der Waals surface area contributed by atoms with Crippen molar-refractivity contribution >= 4 is 17.8 Å². The smallest absolute Gasteiger partial charge is 0.315 e. The van der Waals surface area contributed by atoms with Crippen LogP contribution in [0.3, 0.4) is 0 Å². The second-order valence-electron chi connectivity index (χ2n) is 5.51. The van der Waals surface area contributed by atoms with Crippen LogP contribution in [-0.2, 0) is 0 Å². The Labute approximate surface area is 115 Å². The summed E-state index contributed by atoms with van der Waals surface area (Å²) in [6, 6.07) is 0.454. The van der Waals surface area contributed by atoms with E-state index in [-0.39, 0.29) is 6.03 Å². The molecule has 4 heteroatoms. The highest BCUT2D eigenvalue weighted by atomic mass is 32.2. The van der Waals surface area contributed by atoms with Crippen molar-refractivity contribution in [3.63, 3.8) is 0 Å². The van der Waals surface area contributed by atoms with Crippen LogP contribution in [0.25, 0.3) is 0 Å². The Morgan fingerprint density at radius 1 is 1.00 bits per heavy atom. The summed E-state index contributed by atoms with van der Waals surface area (Å²) in [4.78, 5) is 11.7. The van der Waals surface area contributed by atoms with Gasteiger partial charge in [-0.15, -0.1) is 0 Å². The molecule has 104 valence electrons. The normalized spacial score (nSPS) is 22.0. The van der Waals surface area contributed by atoms with E-state index >= 15 is 0 Å². The quantitative estimate of drug-likeness (QED) is 0.753. The summed E-state index contributed by atoms with van der Waals surface area (Å²) >= 11 is 2.03. The van der Waals surface area contributed by atoms with Gasteiger partial charge in [0.05, 0.1) is 0 Å². The lowest BCUT2D eigenvalue weighted by molar-refractivity contribution is 0.233. The van der Waals surface area contributed by atoms with Crippen molar-refractivity contribution in [2.45, 2.75) is 69.1 Å². The number of thioether (sulfide) groups is 1. The van der Waals surface area contributed by atoms with Gasteiger partial charge in [0.15, 0.2) is 0 Å². The zero-order chi connectivity index (χ0) is 12.6. The third-order valence-electron chi connectivity index (χ3n) is 3.98. The first-order valence-corrected chi connectivity index (χ1v) is 8.55. The molecule has 2 N–H and O–H groups in total. The maximum absolute atomic E-state index is 11.7. The molecule has 0 aromatic heterocycles. The molecule has 2 aliphatic rings. The average Bonchev–Trinajstić information content (AvgIpc) is 2.89. The second-order valence-corrected chi connectivity index (χ2v) is 6.92. The van der Waals surface area contributed by atoms with Gasteiger partial charge in [-0.25, -0.2) is 4.79 Å². The standard InChI is InChI=1S/C14H26N2OS/c17-14(16-12-6-2-1-3-7-12)15-10-11-18-13-8-4-5-9-13/h12-13H,1-11H2,(H2,15,16,17). The van der Waals surface area contributed by atoms with Crippen LogP contribution >= 0.6 is 11.8 Å². The van der Waals surface area contributed by atoms with Gasteiger partial charge < -0.3 is 10.6 Å². The lowest BCUT2D eigenvalue weighted by Gasteiger charge is -2.22. The Morgan fingerprint density at radius 2 is 1.67 bits per heavy atom. The van der Waals surface area contributed by atoms with E-state index in [0.29, 0.717) is 6.04 Å². The molecule has 2 saturated carbocycles. The number of urea groups is 1. The highest BCUT2D eigenvalue weighted by Crippen LogP contribution is 2.28. The predicted octanol–water partition coefficient (Wildman–Crippen LogP) is 3.29. The third-order valence-corrected chi connectivity index (χ3v) is 5.37. The molecule has 2 aliphatic carbocycles. The maximum Gasteiger partial charge on any atom is 0.315 e. The van der Waals surface area contributed by atoms with E-state index in [1.807, 2.05) is 11.8 Å². The minimum absolute atomic E-state index is 0.0360. The van der Waals surface area contributed by atoms with Gasteiger partial charge in [0.2, 0.25) is 0 Å². The van der Waals surface area contributed by atoms with E-state index in [1.165, 1.54) is 44.9 Å². The van der Waals surface area contributed by atoms with Crippen LogP contribution in [0.15, 0.2) is 0 Å². The van der Waals surface area contributed by atoms with Gasteiger partial charge in [0.1, 0.15) is 0 Å². The highest BCUT2D eigenvalue weighted by Gasteiger charge is 2.16. The number of hydrogen-bond donors (Lipinski definition) is 2. The summed E-state index contributed by atoms with van der Waals surface area (Å²) in [6.45, 7) is 0.805. The summed E-state index contributed by atoms with van der Waals surface area (Å²) in [5.74, 6) is 1.06. The van der Waals surface area contributed by atoms with Crippen molar-refractivity contribution < 1.29 is 4.79 Å². The minimum Gasteiger partial charge on any atom is -0.337 e. The fraction of sp³-hybridized carbons (Fsp3) is 0.929. The lowest BCUT2D eigenvalue weighted by atomic mass is 9.96. The summed E-state index contributed by atoms with van der Waals surface area (Å²) in [7, 11) is 0. The Hall–Kier alpha value is -0.380. The van der Waals surface area contributed by atoms with Gasteiger partial charge in [-0.2, -0.15) is 11.8 Å². The van der Waals surface area contributed by atoms with E-state index < -0.39 is 0 Å². The van der Waals surface area contributed by atoms with Crippen molar-refractivity contribution in [2.24, 2.45) is 0 Å². The number of nitrogens with one attached hydrogen (secondary N) is 2. The van der Waals surface area contributed by atoms with Gasteiger partial charge in [-0.05, 0) is 25.7 Å². The largest absolute Gasteiger partial charge is 0.337 e. The van der Waals surface area contributed by atoms with Crippen LogP contribution in [-0.4, -0.2) is 29.6 Å². The molecule has 0 spiro atoms. The van der Waals surface area contributed by atoms with E-state index in [0.717, 1.165) is 30.4 Å². The first-order chi connectivity index (χ1) is 8.84. The van der Waals surface area contributed by atoms with E-state index in [9.17, 15) is 4.79 Å². The highest BCUT2D eigenvalue weighted by molar-refractivity contribution is 7.99. The van der Waals surface area contributed by atoms with Crippen molar-refractivity contribution in [3.05, 3.63) is 0 Å². The lowest BCUT2D eigenvalue weighted by Crippen LogP contribution is -2.43. The van der Waals surface area contributed by atoms with Gasteiger partial charge >= 0.3 is 6.03 Å². The number of hydrogen-bond acceptors (Lipinski definition) is 2. The first-order valence-electron chi connectivity index (χ1n) is 7.50. The summed E-state index contributed by atoms with van der Waals surface area (Å²) in [5, 5.41) is 6.93. The van der Waals surface area contributed by atoms with Crippen molar-refractivity contribution in [3.8, 4) is 0 Å².